The molecule has 4 atom stereocenters. The van der Waals surface area contributed by atoms with Gasteiger partial charge in [0.25, 0.3) is 0 Å². The first-order valence-electron chi connectivity index (χ1n) is 4.24. The average Bonchev–Trinajstić information content (AvgIpc) is 1.93. The number of rotatable bonds is 0. The summed E-state index contributed by atoms with van der Waals surface area (Å²) < 4.78 is 5.57. The van der Waals surface area contributed by atoms with Crippen molar-refractivity contribution in [3.63, 3.8) is 0 Å². The van der Waals surface area contributed by atoms with Gasteiger partial charge in [-0.25, -0.2) is 0 Å². The van der Waals surface area contributed by atoms with E-state index in [9.17, 15) is 0 Å². The Morgan fingerprint density at radius 2 is 1.60 bits per heavy atom. The van der Waals surface area contributed by atoms with E-state index in [2.05, 4.69) is 27.7 Å². The van der Waals surface area contributed by atoms with Crippen LogP contribution in [0.15, 0.2) is 0 Å². The summed E-state index contributed by atoms with van der Waals surface area (Å²) in [6, 6.07) is 0. The van der Waals surface area contributed by atoms with Crippen LogP contribution in [0, 0.1) is 17.8 Å². The highest BCUT2D eigenvalue weighted by Gasteiger charge is 2.29. The van der Waals surface area contributed by atoms with Crippen LogP contribution in [0.3, 0.4) is 0 Å². The van der Waals surface area contributed by atoms with E-state index in [-0.39, 0.29) is 0 Å². The smallest absolute Gasteiger partial charge is 0.0575 e. The second kappa shape index (κ2) is 2.91. The molecule has 0 amide bonds. The van der Waals surface area contributed by atoms with Crippen molar-refractivity contribution in [3.05, 3.63) is 0 Å². The van der Waals surface area contributed by atoms with E-state index in [1.54, 1.807) is 0 Å². The summed E-state index contributed by atoms with van der Waals surface area (Å²) >= 11 is 0. The summed E-state index contributed by atoms with van der Waals surface area (Å²) in [6.07, 6.45) is 0.464. The van der Waals surface area contributed by atoms with E-state index in [1.165, 1.54) is 0 Å². The Labute approximate surface area is 63.8 Å². The summed E-state index contributed by atoms with van der Waals surface area (Å²) in [5, 5.41) is 0. The lowest BCUT2D eigenvalue weighted by Crippen LogP contribution is -2.36. The lowest BCUT2D eigenvalue weighted by atomic mass is 9.80. The molecule has 60 valence electrons. The largest absolute Gasteiger partial charge is 0.378 e. The van der Waals surface area contributed by atoms with Crippen LogP contribution in [0.5, 0.6) is 0 Å². The van der Waals surface area contributed by atoms with Crippen molar-refractivity contribution in [2.45, 2.75) is 33.8 Å². The highest BCUT2D eigenvalue weighted by molar-refractivity contribution is 4.77. The highest BCUT2D eigenvalue weighted by Crippen LogP contribution is 2.29. The van der Waals surface area contributed by atoms with Gasteiger partial charge >= 0.3 is 0 Å². The Balaban J connectivity index is 2.52. The van der Waals surface area contributed by atoms with Gasteiger partial charge in [-0.1, -0.05) is 20.8 Å². The molecule has 1 heteroatoms. The Morgan fingerprint density at radius 3 is 2.10 bits per heavy atom. The fourth-order valence-corrected chi connectivity index (χ4v) is 1.55. The molecule has 10 heavy (non-hydrogen) atoms. The third kappa shape index (κ3) is 1.34. The van der Waals surface area contributed by atoms with E-state index >= 15 is 0 Å². The predicted molar refractivity (Wildman–Crippen MR) is 42.9 cm³/mol. The van der Waals surface area contributed by atoms with Gasteiger partial charge in [0, 0.05) is 6.61 Å². The van der Waals surface area contributed by atoms with Crippen LogP contribution in [-0.2, 0) is 4.74 Å². The number of hydrogen-bond acceptors (Lipinski definition) is 1. The third-order valence-corrected chi connectivity index (χ3v) is 3.09. The second-order valence-corrected chi connectivity index (χ2v) is 3.73. The fraction of sp³-hybridized carbons (Fsp3) is 1.00. The molecule has 0 aromatic rings. The van der Waals surface area contributed by atoms with Gasteiger partial charge in [0.1, 0.15) is 0 Å². The molecule has 1 aliphatic rings. The summed E-state index contributed by atoms with van der Waals surface area (Å²) in [7, 11) is 0. The van der Waals surface area contributed by atoms with Crippen LogP contribution in [0.2, 0.25) is 0 Å². The minimum Gasteiger partial charge on any atom is -0.378 e. The van der Waals surface area contributed by atoms with Crippen LogP contribution < -0.4 is 0 Å². The first kappa shape index (κ1) is 8.06. The van der Waals surface area contributed by atoms with Gasteiger partial charge in [-0.05, 0) is 24.7 Å². The Bertz CT molecular complexity index is 97.3. The minimum atomic E-state index is 0.464. The topological polar surface area (TPSA) is 9.23 Å². The zero-order valence-electron chi connectivity index (χ0n) is 7.42. The summed E-state index contributed by atoms with van der Waals surface area (Å²) in [5.41, 5.74) is 0. The molecule has 0 aromatic heterocycles. The molecule has 1 fully saturated rings. The van der Waals surface area contributed by atoms with Gasteiger partial charge in [0.15, 0.2) is 0 Å². The Morgan fingerprint density at radius 1 is 1.00 bits per heavy atom. The van der Waals surface area contributed by atoms with Crippen LogP contribution in [0.4, 0.5) is 0 Å². The Hall–Kier alpha value is -0.0400. The maximum atomic E-state index is 5.57. The minimum absolute atomic E-state index is 0.464. The zero-order chi connectivity index (χ0) is 7.72. The van der Waals surface area contributed by atoms with Gasteiger partial charge < -0.3 is 4.74 Å². The third-order valence-electron chi connectivity index (χ3n) is 3.09. The second-order valence-electron chi connectivity index (χ2n) is 3.73. The molecule has 0 radical (unpaired) electrons. The molecule has 0 aromatic carbocycles. The molecule has 1 saturated heterocycles. The predicted octanol–water partition coefficient (Wildman–Crippen LogP) is 2.31. The van der Waals surface area contributed by atoms with Crippen molar-refractivity contribution < 1.29 is 4.74 Å². The van der Waals surface area contributed by atoms with Gasteiger partial charge in [0.2, 0.25) is 0 Å². The number of hydrogen-bond donors (Lipinski definition) is 0. The van der Waals surface area contributed by atoms with Crippen LogP contribution in [0.25, 0.3) is 0 Å². The fourth-order valence-electron chi connectivity index (χ4n) is 1.55. The average molecular weight is 142 g/mol. The Kier molecular flexibility index (Phi) is 2.35. The molecule has 1 rings (SSSR count). The summed E-state index contributed by atoms with van der Waals surface area (Å²) in [5.74, 6) is 2.29. The highest BCUT2D eigenvalue weighted by atomic mass is 16.5. The van der Waals surface area contributed by atoms with Gasteiger partial charge in [-0.2, -0.15) is 0 Å². The standard InChI is InChI=1S/C9H18O/c1-6-5-10-9(4)8(3)7(6)2/h6-9H,5H2,1-4H3/t6?,7-,8?,9?/m0/s1. The lowest BCUT2D eigenvalue weighted by molar-refractivity contribution is -0.0661. The van der Waals surface area contributed by atoms with Crippen molar-refractivity contribution in [3.8, 4) is 0 Å². The molecule has 0 aliphatic carbocycles. The maximum Gasteiger partial charge on any atom is 0.0575 e. The first-order chi connectivity index (χ1) is 4.63. The molecule has 1 heterocycles. The molecule has 0 saturated carbocycles. The van der Waals surface area contributed by atoms with E-state index < -0.39 is 0 Å². The summed E-state index contributed by atoms with van der Waals surface area (Å²) in [6.45, 7) is 10.0. The van der Waals surface area contributed by atoms with Crippen molar-refractivity contribution in [2.75, 3.05) is 6.61 Å². The van der Waals surface area contributed by atoms with Crippen LogP contribution in [-0.4, -0.2) is 12.7 Å². The summed E-state index contributed by atoms with van der Waals surface area (Å²) in [4.78, 5) is 0. The van der Waals surface area contributed by atoms with Crippen molar-refractivity contribution in [2.24, 2.45) is 17.8 Å². The lowest BCUT2D eigenvalue weighted by Gasteiger charge is -2.36. The van der Waals surface area contributed by atoms with Crippen LogP contribution in [0.1, 0.15) is 27.7 Å². The molecule has 3 unspecified atom stereocenters. The maximum absolute atomic E-state index is 5.57. The first-order valence-corrected chi connectivity index (χ1v) is 4.24. The zero-order valence-corrected chi connectivity index (χ0v) is 7.42. The van der Waals surface area contributed by atoms with Gasteiger partial charge in [0.05, 0.1) is 6.10 Å². The van der Waals surface area contributed by atoms with E-state index in [0.717, 1.165) is 24.4 Å². The van der Waals surface area contributed by atoms with Gasteiger partial charge in [-0.15, -0.1) is 0 Å². The van der Waals surface area contributed by atoms with Crippen molar-refractivity contribution in [1.82, 2.24) is 0 Å². The molecule has 0 bridgehead atoms. The molecule has 1 nitrogen and oxygen atoms in total. The van der Waals surface area contributed by atoms with E-state index in [1.807, 2.05) is 0 Å². The molecular weight excluding hydrogens is 124 g/mol. The normalized spacial score (nSPS) is 49.2. The van der Waals surface area contributed by atoms with Gasteiger partial charge in [-0.3, -0.25) is 0 Å². The molecule has 1 aliphatic heterocycles. The molecule has 0 N–H and O–H groups in total. The van der Waals surface area contributed by atoms with Crippen molar-refractivity contribution in [1.29, 1.82) is 0 Å². The monoisotopic (exact) mass is 142 g/mol. The van der Waals surface area contributed by atoms with Crippen molar-refractivity contribution >= 4 is 0 Å². The SMILES string of the molecule is CC1OCC(C)[C@H](C)C1C. The van der Waals surface area contributed by atoms with Crippen LogP contribution >= 0.6 is 0 Å². The molecule has 0 spiro atoms. The number of ether oxygens (including phenoxy) is 1. The van der Waals surface area contributed by atoms with E-state index in [4.69, 9.17) is 4.74 Å². The van der Waals surface area contributed by atoms with E-state index in [0.29, 0.717) is 6.10 Å². The quantitative estimate of drug-likeness (QED) is 0.504. The molecular formula is C9H18O.